The molecule has 0 atom stereocenters. The highest BCUT2D eigenvalue weighted by molar-refractivity contribution is 9.08. The number of nitrogens with one attached hydrogen (secondary N) is 1. The maximum Gasteiger partial charge on any atom is 0.341 e. The maximum absolute atomic E-state index is 15.0. The minimum absolute atomic E-state index is 0.0275. The molecule has 0 unspecified atom stereocenters. The van der Waals surface area contributed by atoms with Gasteiger partial charge in [0, 0.05) is 100 Å². The number of hydrogen-bond acceptors (Lipinski definition) is 10. The fraction of sp³-hybridized carbons (Fsp3) is 0.333. The van der Waals surface area contributed by atoms with E-state index in [1.165, 1.54) is 24.0 Å². The number of hydrogen-bond donors (Lipinski definition) is 5. The maximum atomic E-state index is 15.0. The van der Waals surface area contributed by atoms with Crippen molar-refractivity contribution in [2.75, 3.05) is 62.2 Å². The number of halogens is 3. The molecule has 14 nitrogen and oxygen atoms in total. The zero-order valence-electron chi connectivity index (χ0n) is 36.3. The summed E-state index contributed by atoms with van der Waals surface area (Å²) in [5.41, 5.74) is 4.19. The number of aliphatic hydroxyl groups excluding tert-OH is 2. The number of rotatable bonds is 11. The van der Waals surface area contributed by atoms with E-state index in [1.807, 2.05) is 72.2 Å². The fourth-order valence-corrected chi connectivity index (χ4v) is 8.28. The van der Waals surface area contributed by atoms with Gasteiger partial charge in [-0.15, -0.1) is 0 Å². The molecule has 65 heavy (non-hydrogen) atoms. The van der Waals surface area contributed by atoms with Gasteiger partial charge in [0.2, 0.25) is 10.9 Å². The Morgan fingerprint density at radius 2 is 1.02 bits per heavy atom. The summed E-state index contributed by atoms with van der Waals surface area (Å²) in [4.78, 5) is 53.6. The van der Waals surface area contributed by atoms with Crippen molar-refractivity contribution in [3.05, 3.63) is 151 Å². The van der Waals surface area contributed by atoms with Crippen LogP contribution in [0.4, 0.5) is 20.2 Å². The third kappa shape index (κ3) is 11.5. The molecule has 0 bridgehead atoms. The highest BCUT2D eigenvalue weighted by Gasteiger charge is 2.24. The van der Waals surface area contributed by atoms with E-state index in [1.54, 1.807) is 21.3 Å². The van der Waals surface area contributed by atoms with E-state index in [4.69, 9.17) is 10.2 Å². The number of alkyl halides is 1. The SMILES string of the molecule is CCn1cc(C(=O)O)c(=O)c2cc(F)c(N3CCN(Cc4ccc(CO)cc4)CC3)cc21.CCn1cc(C(=O)O)c(=O)c2cc(F)c(N3CCNCC3)cc21.OCc1ccc(CBr)cc1. The second-order valence-electron chi connectivity index (χ2n) is 15.7. The van der Waals surface area contributed by atoms with Crippen LogP contribution in [-0.4, -0.2) is 98.8 Å². The van der Waals surface area contributed by atoms with Crippen LogP contribution < -0.4 is 26.0 Å². The van der Waals surface area contributed by atoms with Gasteiger partial charge in [-0.1, -0.05) is 64.5 Å². The number of benzene rings is 4. The first-order valence-corrected chi connectivity index (χ1v) is 22.5. The number of carboxylic acid groups (broad SMARTS) is 2. The number of aromatic carboxylic acids is 2. The fourth-order valence-electron chi connectivity index (χ4n) is 7.91. The van der Waals surface area contributed by atoms with Gasteiger partial charge >= 0.3 is 11.9 Å². The summed E-state index contributed by atoms with van der Waals surface area (Å²) in [6.45, 7) is 11.3. The number of carbonyl (C=O) groups is 2. The van der Waals surface area contributed by atoms with E-state index in [0.29, 0.717) is 61.7 Å². The lowest BCUT2D eigenvalue weighted by atomic mass is 10.1. The predicted octanol–water partition coefficient (Wildman–Crippen LogP) is 6.02. The topological polar surface area (TPSA) is 181 Å². The van der Waals surface area contributed by atoms with Crippen molar-refractivity contribution in [1.29, 1.82) is 0 Å². The van der Waals surface area contributed by atoms with Gasteiger partial charge in [0.1, 0.15) is 22.8 Å². The second kappa shape index (κ2) is 22.3. The van der Waals surface area contributed by atoms with Crippen LogP contribution >= 0.6 is 15.9 Å². The van der Waals surface area contributed by atoms with Crippen LogP contribution in [0.5, 0.6) is 0 Å². The Bertz CT molecular complexity index is 2730. The molecule has 8 rings (SSSR count). The van der Waals surface area contributed by atoms with Crippen LogP contribution in [0.2, 0.25) is 0 Å². The van der Waals surface area contributed by atoms with E-state index in [2.05, 4.69) is 26.1 Å². The lowest BCUT2D eigenvalue weighted by Gasteiger charge is -2.36. The predicted molar refractivity (Wildman–Crippen MR) is 252 cm³/mol. The average Bonchev–Trinajstić information content (AvgIpc) is 3.33. The van der Waals surface area contributed by atoms with E-state index in [9.17, 15) is 38.2 Å². The molecule has 0 radical (unpaired) electrons. The van der Waals surface area contributed by atoms with Gasteiger partial charge < -0.3 is 44.7 Å². The monoisotopic (exact) mass is 958 g/mol. The molecule has 4 heterocycles. The van der Waals surface area contributed by atoms with E-state index < -0.39 is 34.4 Å². The molecule has 2 saturated heterocycles. The number of pyridine rings is 2. The highest BCUT2D eigenvalue weighted by atomic mass is 79.9. The number of aliphatic hydroxyl groups is 2. The van der Waals surface area contributed by atoms with Crippen molar-refractivity contribution in [1.82, 2.24) is 19.4 Å². The number of carboxylic acids is 2. The molecule has 2 aromatic heterocycles. The van der Waals surface area contributed by atoms with Crippen molar-refractivity contribution in [2.24, 2.45) is 0 Å². The normalized spacial score (nSPS) is 14.1. The first-order valence-electron chi connectivity index (χ1n) is 21.4. The van der Waals surface area contributed by atoms with Gasteiger partial charge in [-0.3, -0.25) is 14.5 Å². The van der Waals surface area contributed by atoms with Crippen LogP contribution in [0.25, 0.3) is 21.8 Å². The quantitative estimate of drug-likeness (QED) is 0.0956. The van der Waals surface area contributed by atoms with Crippen molar-refractivity contribution in [3.63, 3.8) is 0 Å². The van der Waals surface area contributed by atoms with Crippen LogP contribution in [0.3, 0.4) is 0 Å². The first-order chi connectivity index (χ1) is 31.3. The molecule has 0 spiro atoms. The average molecular weight is 960 g/mol. The van der Waals surface area contributed by atoms with E-state index in [-0.39, 0.29) is 35.1 Å². The summed E-state index contributed by atoms with van der Waals surface area (Å²) in [6, 6.07) is 21.3. The van der Waals surface area contributed by atoms with Crippen molar-refractivity contribution in [3.8, 4) is 0 Å². The second-order valence-corrected chi connectivity index (χ2v) is 16.2. The molecule has 2 fully saturated rings. The minimum atomic E-state index is -1.31. The van der Waals surface area contributed by atoms with Gasteiger partial charge in [-0.25, -0.2) is 18.4 Å². The Morgan fingerprint density at radius 1 is 0.615 bits per heavy atom. The number of anilines is 2. The smallest absolute Gasteiger partial charge is 0.341 e. The molecular formula is C48H53BrF2N6O8. The molecule has 0 aliphatic carbocycles. The first kappa shape index (κ1) is 48.5. The zero-order valence-corrected chi connectivity index (χ0v) is 37.9. The molecular weight excluding hydrogens is 906 g/mol. The summed E-state index contributed by atoms with van der Waals surface area (Å²) >= 11 is 3.34. The van der Waals surface area contributed by atoms with Gasteiger partial charge in [-0.05, 0) is 60.4 Å². The molecule has 5 N–H and O–H groups in total. The molecule has 6 aromatic rings. The minimum Gasteiger partial charge on any atom is -0.477 e. The number of aromatic nitrogens is 2. The largest absolute Gasteiger partial charge is 0.477 e. The number of aryl methyl sites for hydroxylation is 2. The number of nitrogens with zero attached hydrogens (tertiary/aromatic N) is 5. The lowest BCUT2D eigenvalue weighted by molar-refractivity contribution is 0.0684. The third-order valence-electron chi connectivity index (χ3n) is 11.6. The lowest BCUT2D eigenvalue weighted by Crippen LogP contribution is -2.46. The van der Waals surface area contributed by atoms with Crippen molar-refractivity contribution >= 4 is 61.0 Å². The van der Waals surface area contributed by atoms with Crippen LogP contribution in [0.15, 0.2) is 94.8 Å². The van der Waals surface area contributed by atoms with Crippen LogP contribution in [0, 0.1) is 11.6 Å². The standard InChI is InChI=1S/C24H26FN3O4.C16H18FN3O3.C8H9BrO/c1-2-27-14-19(24(31)32)23(30)18-11-20(25)22(12-21(18)27)28-9-7-26(8-10-28)13-16-3-5-17(15-29)6-4-16;1-2-19-9-11(16(22)23)15(21)10-7-12(17)14(8-13(10)19)20-5-3-18-4-6-20;9-5-7-1-3-8(6-10)4-2-7/h3-6,11-12,14,29H,2,7-10,13,15H2,1H3,(H,31,32);7-9,18H,2-6H2,1H3,(H,22,23);1-4,10H,5-6H2. The van der Waals surface area contributed by atoms with Crippen molar-refractivity contribution < 1.29 is 38.8 Å². The molecule has 2 aliphatic rings. The molecule has 17 heteroatoms. The summed E-state index contributed by atoms with van der Waals surface area (Å²) in [7, 11) is 0. The van der Waals surface area contributed by atoms with Gasteiger partial charge in [-0.2, -0.15) is 0 Å². The highest BCUT2D eigenvalue weighted by Crippen LogP contribution is 2.28. The summed E-state index contributed by atoms with van der Waals surface area (Å²) in [5, 5.41) is 40.6. The zero-order chi connectivity index (χ0) is 46.8. The molecule has 0 amide bonds. The van der Waals surface area contributed by atoms with E-state index in [0.717, 1.165) is 60.8 Å². The van der Waals surface area contributed by atoms with Crippen LogP contribution in [-0.2, 0) is 38.2 Å². The van der Waals surface area contributed by atoms with Crippen molar-refractivity contribution in [2.45, 2.75) is 52.0 Å². The summed E-state index contributed by atoms with van der Waals surface area (Å²) < 4.78 is 32.8. The molecule has 2 aliphatic heterocycles. The Kier molecular flexibility index (Phi) is 16.6. The van der Waals surface area contributed by atoms with Gasteiger partial charge in [0.15, 0.2) is 0 Å². The molecule has 344 valence electrons. The third-order valence-corrected chi connectivity index (χ3v) is 12.2. The van der Waals surface area contributed by atoms with Crippen LogP contribution in [0.1, 0.15) is 56.8 Å². The summed E-state index contributed by atoms with van der Waals surface area (Å²) in [6.07, 6.45) is 2.65. The number of piperazine rings is 2. The van der Waals surface area contributed by atoms with E-state index >= 15 is 0 Å². The summed E-state index contributed by atoms with van der Waals surface area (Å²) in [5.74, 6) is -3.63. The molecule has 4 aromatic carbocycles. The van der Waals surface area contributed by atoms with Gasteiger partial charge in [0.25, 0.3) is 0 Å². The Balaban J connectivity index is 0.000000184. The number of fused-ring (bicyclic) bond motifs is 2. The van der Waals surface area contributed by atoms with Gasteiger partial charge in [0.05, 0.1) is 35.6 Å². The Hall–Kier alpha value is -5.98. The molecule has 0 saturated carbocycles. The Morgan fingerprint density at radius 3 is 1.40 bits per heavy atom. The Labute approximate surface area is 382 Å².